The van der Waals surface area contributed by atoms with E-state index in [4.69, 9.17) is 0 Å². The lowest BCUT2D eigenvalue weighted by atomic mass is 10.1. The summed E-state index contributed by atoms with van der Waals surface area (Å²) in [5, 5.41) is 11.9. The van der Waals surface area contributed by atoms with Crippen LogP contribution in [-0.2, 0) is 9.59 Å². The number of amides is 1. The maximum atomic E-state index is 12.2. The number of carboxylic acid groups (broad SMARTS) is 1. The van der Waals surface area contributed by atoms with E-state index in [1.165, 1.54) is 18.3 Å². The lowest BCUT2D eigenvalue weighted by molar-refractivity contribution is -0.154. The molecular formula is C18H21F3N4O4. The average Bonchev–Trinajstić information content (AvgIpc) is 2.65. The standard InChI is InChI=1S/C18H21F3N4O4/c1-4-14(26)24-17-23-13(16(27)28)7-10(2)25(17)11(3)12-5-6-15(22-8-12)29-9-18(19,20)21/h5-8,11,17H,4,9H2,1-3H3,(H,24,26)(H,27,28). The van der Waals surface area contributed by atoms with Crippen LogP contribution in [0.2, 0.25) is 0 Å². The first kappa shape index (κ1) is 22.2. The lowest BCUT2D eigenvalue weighted by Crippen LogP contribution is -2.49. The van der Waals surface area contributed by atoms with Gasteiger partial charge in [-0.05, 0) is 25.5 Å². The Bertz CT molecular complexity index is 821. The number of carbonyl (C=O) groups is 2. The van der Waals surface area contributed by atoms with Crippen molar-refractivity contribution in [2.75, 3.05) is 6.61 Å². The average molecular weight is 414 g/mol. The SMILES string of the molecule is CCC(=O)NC1N=C(C(=O)O)C=C(C)N1C(C)c1ccc(OCC(F)(F)F)nc1. The maximum absolute atomic E-state index is 12.2. The van der Waals surface area contributed by atoms with Crippen LogP contribution in [-0.4, -0.2) is 51.7 Å². The number of aliphatic imine (C=N–C) groups is 1. The minimum Gasteiger partial charge on any atom is -0.477 e. The second-order valence-electron chi connectivity index (χ2n) is 6.32. The molecule has 0 aliphatic carbocycles. The van der Waals surface area contributed by atoms with E-state index in [9.17, 15) is 27.9 Å². The van der Waals surface area contributed by atoms with Crippen LogP contribution in [0.25, 0.3) is 0 Å². The minimum absolute atomic E-state index is 0.175. The normalized spacial score (nSPS) is 17.9. The van der Waals surface area contributed by atoms with Crippen molar-refractivity contribution in [3.8, 4) is 5.88 Å². The van der Waals surface area contributed by atoms with Gasteiger partial charge >= 0.3 is 12.1 Å². The molecule has 1 amide bonds. The molecule has 0 saturated heterocycles. The number of halogens is 3. The number of hydrogen-bond donors (Lipinski definition) is 2. The highest BCUT2D eigenvalue weighted by atomic mass is 19.4. The molecule has 158 valence electrons. The van der Waals surface area contributed by atoms with Crippen molar-refractivity contribution < 1.29 is 32.6 Å². The molecule has 29 heavy (non-hydrogen) atoms. The van der Waals surface area contributed by atoms with Crippen molar-refractivity contribution in [3.63, 3.8) is 0 Å². The van der Waals surface area contributed by atoms with Gasteiger partial charge in [0, 0.05) is 24.4 Å². The number of ether oxygens (including phenoxy) is 1. The summed E-state index contributed by atoms with van der Waals surface area (Å²) in [6.07, 6.45) is -2.49. The van der Waals surface area contributed by atoms with Gasteiger partial charge in [0.1, 0.15) is 5.71 Å². The zero-order chi connectivity index (χ0) is 21.8. The van der Waals surface area contributed by atoms with Crippen molar-refractivity contribution in [1.29, 1.82) is 0 Å². The van der Waals surface area contributed by atoms with E-state index >= 15 is 0 Å². The summed E-state index contributed by atoms with van der Waals surface area (Å²) < 4.78 is 41.3. The number of pyridine rings is 1. The van der Waals surface area contributed by atoms with Gasteiger partial charge in [-0.2, -0.15) is 13.2 Å². The topological polar surface area (TPSA) is 104 Å². The Morgan fingerprint density at radius 1 is 1.38 bits per heavy atom. The van der Waals surface area contributed by atoms with Crippen molar-refractivity contribution in [2.24, 2.45) is 4.99 Å². The molecule has 2 rings (SSSR count). The summed E-state index contributed by atoms with van der Waals surface area (Å²) in [7, 11) is 0. The number of hydrogen-bond acceptors (Lipinski definition) is 6. The van der Waals surface area contributed by atoms with E-state index in [2.05, 4.69) is 20.0 Å². The molecule has 0 fully saturated rings. The molecule has 2 N–H and O–H groups in total. The Morgan fingerprint density at radius 2 is 2.07 bits per heavy atom. The molecule has 1 aromatic heterocycles. The van der Waals surface area contributed by atoms with Gasteiger partial charge < -0.3 is 20.1 Å². The van der Waals surface area contributed by atoms with E-state index in [1.54, 1.807) is 31.7 Å². The summed E-state index contributed by atoms with van der Waals surface area (Å²) in [4.78, 5) is 32.8. The van der Waals surface area contributed by atoms with Gasteiger partial charge in [-0.15, -0.1) is 0 Å². The largest absolute Gasteiger partial charge is 0.477 e. The number of carbonyl (C=O) groups excluding carboxylic acids is 1. The molecule has 1 aromatic rings. The van der Waals surface area contributed by atoms with E-state index in [1.807, 2.05) is 0 Å². The van der Waals surface area contributed by atoms with Gasteiger partial charge in [0.05, 0.1) is 6.04 Å². The van der Waals surface area contributed by atoms with Crippen molar-refractivity contribution in [2.45, 2.75) is 45.7 Å². The first-order chi connectivity index (χ1) is 13.5. The first-order valence-electron chi connectivity index (χ1n) is 8.74. The molecule has 0 spiro atoms. The Kier molecular flexibility index (Phi) is 6.83. The quantitative estimate of drug-likeness (QED) is 0.711. The second-order valence-corrected chi connectivity index (χ2v) is 6.32. The van der Waals surface area contributed by atoms with E-state index < -0.39 is 31.1 Å². The molecule has 8 nitrogen and oxygen atoms in total. The van der Waals surface area contributed by atoms with Crippen molar-refractivity contribution in [3.05, 3.63) is 35.7 Å². The number of nitrogens with one attached hydrogen (secondary N) is 1. The van der Waals surface area contributed by atoms with Crippen molar-refractivity contribution in [1.82, 2.24) is 15.2 Å². The zero-order valence-electron chi connectivity index (χ0n) is 16.0. The minimum atomic E-state index is -4.46. The van der Waals surface area contributed by atoms with Crippen LogP contribution in [0.5, 0.6) is 5.88 Å². The van der Waals surface area contributed by atoms with Crippen LogP contribution in [0.1, 0.15) is 38.8 Å². The molecule has 0 bridgehead atoms. The van der Waals surface area contributed by atoms with Crippen LogP contribution in [0.4, 0.5) is 13.2 Å². The fraction of sp³-hybridized carbons (Fsp3) is 0.444. The summed E-state index contributed by atoms with van der Waals surface area (Å²) in [6.45, 7) is 3.66. The number of allylic oxidation sites excluding steroid dienone is 1. The van der Waals surface area contributed by atoms with Crippen LogP contribution in [0.3, 0.4) is 0 Å². The van der Waals surface area contributed by atoms with Crippen LogP contribution < -0.4 is 10.1 Å². The third-order valence-corrected chi connectivity index (χ3v) is 4.15. The summed E-state index contributed by atoms with van der Waals surface area (Å²) >= 11 is 0. The molecule has 0 aromatic carbocycles. The predicted molar refractivity (Wildman–Crippen MR) is 97.1 cm³/mol. The molecule has 0 saturated carbocycles. The molecule has 1 aliphatic heterocycles. The Hall–Kier alpha value is -3.11. The van der Waals surface area contributed by atoms with Crippen LogP contribution >= 0.6 is 0 Å². The van der Waals surface area contributed by atoms with E-state index in [0.717, 1.165) is 0 Å². The number of alkyl halides is 3. The fourth-order valence-corrected chi connectivity index (χ4v) is 2.72. The van der Waals surface area contributed by atoms with E-state index in [0.29, 0.717) is 11.3 Å². The Labute approximate surface area is 165 Å². The smallest absolute Gasteiger partial charge is 0.422 e. The number of aromatic nitrogens is 1. The predicted octanol–water partition coefficient (Wildman–Crippen LogP) is 2.64. The third kappa shape index (κ3) is 5.93. The monoisotopic (exact) mass is 414 g/mol. The highest BCUT2D eigenvalue weighted by Crippen LogP contribution is 2.29. The number of carboxylic acids is 1. The number of nitrogens with zero attached hydrogens (tertiary/aromatic N) is 3. The van der Waals surface area contributed by atoms with Gasteiger partial charge in [0.25, 0.3) is 0 Å². The van der Waals surface area contributed by atoms with Gasteiger partial charge in [-0.25, -0.2) is 14.8 Å². The third-order valence-electron chi connectivity index (χ3n) is 4.15. The first-order valence-corrected chi connectivity index (χ1v) is 8.74. The zero-order valence-corrected chi connectivity index (χ0v) is 16.0. The molecule has 0 radical (unpaired) electrons. The number of aliphatic carboxylic acids is 1. The Morgan fingerprint density at radius 3 is 2.59 bits per heavy atom. The molecular weight excluding hydrogens is 393 g/mol. The molecule has 2 unspecified atom stereocenters. The van der Waals surface area contributed by atoms with E-state index in [-0.39, 0.29) is 23.9 Å². The van der Waals surface area contributed by atoms with Gasteiger partial charge in [-0.3, -0.25) is 4.79 Å². The van der Waals surface area contributed by atoms with Crippen LogP contribution in [0.15, 0.2) is 35.1 Å². The fourth-order valence-electron chi connectivity index (χ4n) is 2.72. The van der Waals surface area contributed by atoms with Crippen LogP contribution in [0, 0.1) is 0 Å². The molecule has 11 heteroatoms. The highest BCUT2D eigenvalue weighted by Gasteiger charge is 2.31. The second kappa shape index (κ2) is 8.93. The van der Waals surface area contributed by atoms with Crippen molar-refractivity contribution >= 4 is 17.6 Å². The summed E-state index contributed by atoms with van der Waals surface area (Å²) in [6, 6.07) is 2.44. The molecule has 2 atom stereocenters. The maximum Gasteiger partial charge on any atom is 0.422 e. The van der Waals surface area contributed by atoms with Gasteiger partial charge in [0.15, 0.2) is 12.9 Å². The molecule has 2 heterocycles. The van der Waals surface area contributed by atoms with Gasteiger partial charge in [0.2, 0.25) is 11.8 Å². The summed E-state index contributed by atoms with van der Waals surface area (Å²) in [5.74, 6) is -1.71. The highest BCUT2D eigenvalue weighted by molar-refractivity contribution is 6.40. The Balaban J connectivity index is 2.24. The van der Waals surface area contributed by atoms with Gasteiger partial charge in [-0.1, -0.05) is 13.0 Å². The number of rotatable bonds is 7. The molecule has 1 aliphatic rings. The summed E-state index contributed by atoms with van der Waals surface area (Å²) in [5.41, 5.74) is 0.965. The lowest BCUT2D eigenvalue weighted by Gasteiger charge is -2.39.